The maximum Gasteiger partial charge on any atom is 0.252 e. The van der Waals surface area contributed by atoms with Gasteiger partial charge in [0.05, 0.1) is 12.2 Å². The topological polar surface area (TPSA) is 65.5 Å². The van der Waals surface area contributed by atoms with Crippen molar-refractivity contribution < 1.29 is 9.90 Å². The predicted molar refractivity (Wildman–Crippen MR) is 109 cm³/mol. The van der Waals surface area contributed by atoms with Crippen LogP contribution in [0.4, 0.5) is 0 Å². The Labute approximate surface area is 166 Å². The molecule has 0 radical (unpaired) electrons. The molecule has 28 heavy (non-hydrogen) atoms. The summed E-state index contributed by atoms with van der Waals surface area (Å²) in [5.41, 5.74) is 1.82. The van der Waals surface area contributed by atoms with E-state index in [1.165, 1.54) is 31.2 Å². The molecule has 0 spiro atoms. The summed E-state index contributed by atoms with van der Waals surface area (Å²) in [4.78, 5) is 19.0. The van der Waals surface area contributed by atoms with Crippen LogP contribution >= 0.6 is 0 Å². The Morgan fingerprint density at radius 1 is 1.11 bits per heavy atom. The number of hydrogen-bond donors (Lipinski definition) is 2. The largest absolute Gasteiger partial charge is 0.395 e. The minimum Gasteiger partial charge on any atom is -0.395 e. The molecular formula is C23H29N3O2. The molecule has 1 amide bonds. The van der Waals surface area contributed by atoms with Gasteiger partial charge in [0.1, 0.15) is 0 Å². The highest BCUT2D eigenvalue weighted by molar-refractivity contribution is 5.93. The number of aliphatic hydroxyl groups excluding tert-OH is 1. The third-order valence-corrected chi connectivity index (χ3v) is 6.39. The van der Waals surface area contributed by atoms with Gasteiger partial charge < -0.3 is 10.4 Å². The van der Waals surface area contributed by atoms with Crippen LogP contribution in [-0.4, -0.2) is 52.7 Å². The number of carbonyl (C=O) groups excluding carboxylic acids is 1. The van der Waals surface area contributed by atoms with Crippen molar-refractivity contribution in [3.05, 3.63) is 66.0 Å². The van der Waals surface area contributed by atoms with E-state index in [1.807, 2.05) is 6.07 Å². The van der Waals surface area contributed by atoms with Gasteiger partial charge in [-0.1, -0.05) is 43.2 Å². The monoisotopic (exact) mass is 379 g/mol. The molecule has 5 heteroatoms. The van der Waals surface area contributed by atoms with Crippen LogP contribution in [0.25, 0.3) is 0 Å². The molecule has 4 rings (SSSR count). The molecule has 2 fully saturated rings. The molecule has 0 unspecified atom stereocenters. The van der Waals surface area contributed by atoms with Crippen molar-refractivity contribution in [2.24, 2.45) is 5.92 Å². The molecule has 0 bridgehead atoms. The Balaban J connectivity index is 1.49. The average molecular weight is 380 g/mol. The number of benzene rings is 1. The molecule has 1 aromatic carbocycles. The van der Waals surface area contributed by atoms with Crippen LogP contribution in [0.2, 0.25) is 0 Å². The molecular weight excluding hydrogens is 350 g/mol. The van der Waals surface area contributed by atoms with Gasteiger partial charge in [-0.05, 0) is 36.5 Å². The number of pyridine rings is 1. The first kappa shape index (κ1) is 19.1. The maximum atomic E-state index is 12.5. The molecule has 1 aliphatic heterocycles. The molecule has 148 valence electrons. The number of carbonyl (C=O) groups is 1. The lowest BCUT2D eigenvalue weighted by Gasteiger charge is -2.56. The van der Waals surface area contributed by atoms with Gasteiger partial charge in [-0.15, -0.1) is 0 Å². The zero-order valence-electron chi connectivity index (χ0n) is 16.2. The first-order chi connectivity index (χ1) is 13.8. The molecule has 1 saturated heterocycles. The van der Waals surface area contributed by atoms with Crippen molar-refractivity contribution in [1.29, 1.82) is 0 Å². The summed E-state index contributed by atoms with van der Waals surface area (Å²) in [6.45, 7) is 1.75. The first-order valence-electron chi connectivity index (χ1n) is 10.4. The fourth-order valence-corrected chi connectivity index (χ4v) is 4.95. The van der Waals surface area contributed by atoms with Crippen LogP contribution in [0.1, 0.15) is 47.5 Å². The second kappa shape index (κ2) is 8.84. The Morgan fingerprint density at radius 2 is 1.89 bits per heavy atom. The molecule has 2 aliphatic rings. The summed E-state index contributed by atoms with van der Waals surface area (Å²) >= 11 is 0. The molecule has 2 heterocycles. The van der Waals surface area contributed by atoms with Gasteiger partial charge in [-0.25, -0.2) is 0 Å². The van der Waals surface area contributed by atoms with Crippen LogP contribution in [0.15, 0.2) is 54.9 Å². The lowest BCUT2D eigenvalue weighted by molar-refractivity contribution is -0.0506. The number of hydrogen-bond acceptors (Lipinski definition) is 4. The summed E-state index contributed by atoms with van der Waals surface area (Å²) in [5, 5.41) is 13.2. The standard InChI is InChI=1S/C23H29N3O2/c27-16-21-22(18-9-2-1-3-10-18)20(26(21)15-17-7-4-5-8-17)14-25-23(28)19-11-6-12-24-13-19/h1-3,6,9-13,17,20-22,27H,4-5,7-8,14-16H2,(H,25,28)/t20-,21-,22-/m1/s1. The molecule has 5 nitrogen and oxygen atoms in total. The minimum atomic E-state index is -0.0897. The van der Waals surface area contributed by atoms with Gasteiger partial charge >= 0.3 is 0 Å². The number of nitrogens with zero attached hydrogens (tertiary/aromatic N) is 2. The van der Waals surface area contributed by atoms with Gasteiger partial charge in [0.25, 0.3) is 5.91 Å². The van der Waals surface area contributed by atoms with Crippen LogP contribution in [-0.2, 0) is 0 Å². The summed E-state index contributed by atoms with van der Waals surface area (Å²) in [5.74, 6) is 0.859. The highest BCUT2D eigenvalue weighted by Crippen LogP contribution is 2.42. The molecule has 2 aromatic rings. The fourth-order valence-electron chi connectivity index (χ4n) is 4.95. The summed E-state index contributed by atoms with van der Waals surface area (Å²) in [7, 11) is 0. The predicted octanol–water partition coefficient (Wildman–Crippen LogP) is 2.83. The molecule has 1 aromatic heterocycles. The third kappa shape index (κ3) is 3.96. The van der Waals surface area contributed by atoms with Gasteiger partial charge in [0.2, 0.25) is 0 Å². The van der Waals surface area contributed by atoms with Crippen LogP contribution < -0.4 is 5.32 Å². The third-order valence-electron chi connectivity index (χ3n) is 6.39. The van der Waals surface area contributed by atoms with E-state index in [4.69, 9.17) is 0 Å². The number of rotatable bonds is 7. The highest BCUT2D eigenvalue weighted by Gasteiger charge is 2.49. The van der Waals surface area contributed by atoms with E-state index < -0.39 is 0 Å². The minimum absolute atomic E-state index is 0.0897. The van der Waals surface area contributed by atoms with Gasteiger partial charge in [-0.3, -0.25) is 14.7 Å². The van der Waals surface area contributed by atoms with Crippen LogP contribution in [0.3, 0.4) is 0 Å². The highest BCUT2D eigenvalue weighted by atomic mass is 16.3. The van der Waals surface area contributed by atoms with Crippen molar-refractivity contribution >= 4 is 5.91 Å². The lowest BCUT2D eigenvalue weighted by atomic mass is 9.74. The number of aliphatic hydroxyl groups is 1. The summed E-state index contributed by atoms with van der Waals surface area (Å²) < 4.78 is 0. The van der Waals surface area contributed by atoms with E-state index in [0.717, 1.165) is 6.54 Å². The van der Waals surface area contributed by atoms with Crippen molar-refractivity contribution in [3.63, 3.8) is 0 Å². The van der Waals surface area contributed by atoms with E-state index in [0.29, 0.717) is 18.0 Å². The SMILES string of the molecule is O=C(NC[C@@H]1[C@@H](c2ccccc2)[C@@H](CO)N1CC1CCCC1)c1cccnc1. The fraction of sp³-hybridized carbons (Fsp3) is 0.478. The Bertz CT molecular complexity index is 762. The zero-order valence-corrected chi connectivity index (χ0v) is 16.2. The molecule has 2 N–H and O–H groups in total. The van der Waals surface area contributed by atoms with E-state index in [2.05, 4.69) is 39.5 Å². The van der Waals surface area contributed by atoms with E-state index in [9.17, 15) is 9.90 Å². The summed E-state index contributed by atoms with van der Waals surface area (Å²) in [6, 6.07) is 14.3. The molecule has 1 saturated carbocycles. The van der Waals surface area contributed by atoms with Crippen molar-refractivity contribution in [2.45, 2.75) is 43.7 Å². The van der Waals surface area contributed by atoms with Crippen molar-refractivity contribution in [2.75, 3.05) is 19.7 Å². The molecule has 3 atom stereocenters. The number of likely N-dealkylation sites (tertiary alicyclic amines) is 1. The average Bonchev–Trinajstić information content (AvgIpc) is 3.25. The second-order valence-corrected chi connectivity index (χ2v) is 8.05. The summed E-state index contributed by atoms with van der Waals surface area (Å²) in [6.07, 6.45) is 8.44. The Hall–Kier alpha value is -2.24. The van der Waals surface area contributed by atoms with Crippen LogP contribution in [0, 0.1) is 5.92 Å². The van der Waals surface area contributed by atoms with E-state index >= 15 is 0 Å². The van der Waals surface area contributed by atoms with Crippen molar-refractivity contribution in [1.82, 2.24) is 15.2 Å². The zero-order chi connectivity index (χ0) is 19.3. The first-order valence-corrected chi connectivity index (χ1v) is 10.4. The number of aromatic nitrogens is 1. The van der Waals surface area contributed by atoms with Crippen molar-refractivity contribution in [3.8, 4) is 0 Å². The lowest BCUT2D eigenvalue weighted by Crippen LogP contribution is -2.67. The van der Waals surface area contributed by atoms with E-state index in [1.54, 1.807) is 24.5 Å². The van der Waals surface area contributed by atoms with Gasteiger partial charge in [-0.2, -0.15) is 0 Å². The normalized spacial score (nSPS) is 25.4. The Kier molecular flexibility index (Phi) is 6.03. The van der Waals surface area contributed by atoms with Gasteiger partial charge in [0.15, 0.2) is 0 Å². The number of nitrogens with one attached hydrogen (secondary N) is 1. The molecule has 1 aliphatic carbocycles. The second-order valence-electron chi connectivity index (χ2n) is 8.05. The quantitative estimate of drug-likeness (QED) is 0.776. The van der Waals surface area contributed by atoms with E-state index in [-0.39, 0.29) is 30.5 Å². The number of amides is 1. The van der Waals surface area contributed by atoms with Crippen LogP contribution in [0.5, 0.6) is 0 Å². The Morgan fingerprint density at radius 3 is 2.57 bits per heavy atom. The maximum absolute atomic E-state index is 12.5. The van der Waals surface area contributed by atoms with Gasteiger partial charge in [0, 0.05) is 43.5 Å². The smallest absolute Gasteiger partial charge is 0.252 e.